The minimum Gasteiger partial charge on any atom is -0.353 e. The smallest absolute Gasteiger partial charge is 0.243 e. The van der Waals surface area contributed by atoms with Gasteiger partial charge in [-0.2, -0.15) is 0 Å². The lowest BCUT2D eigenvalue weighted by molar-refractivity contribution is -0.116. The molecule has 0 heterocycles. The van der Waals surface area contributed by atoms with E-state index in [1.807, 2.05) is 6.92 Å². The Bertz CT molecular complexity index is 202. The Morgan fingerprint density at radius 2 is 1.38 bits per heavy atom. The Balaban J connectivity index is -0.000000179. The van der Waals surface area contributed by atoms with Crippen LogP contribution in [-0.4, -0.2) is 24.0 Å². The first kappa shape index (κ1) is 20.0. The largest absolute Gasteiger partial charge is 0.353 e. The lowest BCUT2D eigenvalue weighted by atomic mass is 10.4. The Morgan fingerprint density at radius 3 is 1.56 bits per heavy atom. The van der Waals surface area contributed by atoms with Crippen LogP contribution in [0, 0.1) is 0 Å². The molecule has 4 heteroatoms. The van der Waals surface area contributed by atoms with Gasteiger partial charge in [-0.3, -0.25) is 4.79 Å². The fraction of sp³-hybridized carbons (Fsp3) is 0.583. The lowest BCUT2D eigenvalue weighted by Crippen LogP contribution is -2.20. The summed E-state index contributed by atoms with van der Waals surface area (Å²) < 4.78 is 0. The van der Waals surface area contributed by atoms with Crippen LogP contribution in [0.1, 0.15) is 41.0 Å². The van der Waals surface area contributed by atoms with Gasteiger partial charge in [0.2, 0.25) is 5.91 Å². The summed E-state index contributed by atoms with van der Waals surface area (Å²) in [7, 11) is 0. The van der Waals surface area contributed by atoms with Crippen molar-refractivity contribution in [3.05, 3.63) is 12.7 Å². The van der Waals surface area contributed by atoms with Crippen molar-refractivity contribution in [2.24, 2.45) is 0 Å². The normalized spacial score (nSPS) is 7.31. The van der Waals surface area contributed by atoms with E-state index in [9.17, 15) is 14.4 Å². The second kappa shape index (κ2) is 16.0. The van der Waals surface area contributed by atoms with Crippen molar-refractivity contribution in [3.63, 3.8) is 0 Å². The summed E-state index contributed by atoms with van der Waals surface area (Å²) in [6.07, 6.45) is 2.25. The quantitative estimate of drug-likeness (QED) is 0.752. The van der Waals surface area contributed by atoms with E-state index in [4.69, 9.17) is 0 Å². The van der Waals surface area contributed by atoms with E-state index in [1.165, 1.54) is 33.8 Å². The van der Waals surface area contributed by atoms with Gasteiger partial charge in [0.25, 0.3) is 0 Å². The van der Waals surface area contributed by atoms with Crippen LogP contribution >= 0.6 is 0 Å². The zero-order valence-electron chi connectivity index (χ0n) is 10.9. The van der Waals surface area contributed by atoms with Crippen LogP contribution in [0.5, 0.6) is 0 Å². The van der Waals surface area contributed by atoms with Crippen LogP contribution < -0.4 is 5.32 Å². The number of Topliss-reactive ketones (excluding diaryl/α,β-unsaturated/α-hetero) is 2. The maximum atomic E-state index is 10.3. The Labute approximate surface area is 98.1 Å². The van der Waals surface area contributed by atoms with Crippen molar-refractivity contribution >= 4 is 17.5 Å². The predicted molar refractivity (Wildman–Crippen MR) is 66.2 cm³/mol. The fourth-order valence-electron chi connectivity index (χ4n) is 0.320. The molecule has 94 valence electrons. The Kier molecular flexibility index (Phi) is 20.0. The van der Waals surface area contributed by atoms with Crippen LogP contribution in [0.3, 0.4) is 0 Å². The molecule has 0 fully saturated rings. The molecule has 0 saturated heterocycles. The highest BCUT2D eigenvalue weighted by Gasteiger charge is 1.86. The molecule has 0 aliphatic rings. The Hall–Kier alpha value is -1.45. The molecule has 0 spiro atoms. The SMILES string of the molecule is C=CC(=O)NCCC.CC(C)=O.CC(C)=O. The highest BCUT2D eigenvalue weighted by atomic mass is 16.1. The topological polar surface area (TPSA) is 63.2 Å². The zero-order valence-corrected chi connectivity index (χ0v) is 10.9. The minimum absolute atomic E-state index is 0.0909. The molecule has 0 aliphatic heterocycles. The first-order chi connectivity index (χ1) is 7.27. The fourth-order valence-corrected chi connectivity index (χ4v) is 0.320. The first-order valence-electron chi connectivity index (χ1n) is 5.12. The van der Waals surface area contributed by atoms with E-state index in [-0.39, 0.29) is 17.5 Å². The molecule has 0 radical (unpaired) electrons. The first-order valence-corrected chi connectivity index (χ1v) is 5.12. The molecule has 0 aromatic heterocycles. The zero-order chi connectivity index (χ0) is 13.6. The molecule has 16 heavy (non-hydrogen) atoms. The third-order valence-corrected chi connectivity index (χ3v) is 0.735. The maximum absolute atomic E-state index is 10.3. The van der Waals surface area contributed by atoms with E-state index in [0.717, 1.165) is 13.0 Å². The molecule has 1 N–H and O–H groups in total. The van der Waals surface area contributed by atoms with Crippen molar-refractivity contribution in [2.45, 2.75) is 41.0 Å². The van der Waals surface area contributed by atoms with Gasteiger partial charge in [-0.15, -0.1) is 0 Å². The second-order valence-electron chi connectivity index (χ2n) is 3.31. The highest BCUT2D eigenvalue weighted by Crippen LogP contribution is 1.70. The molecule has 0 bridgehead atoms. The van der Waals surface area contributed by atoms with Crippen LogP contribution in [0.15, 0.2) is 12.7 Å². The molecule has 0 atom stereocenters. The van der Waals surface area contributed by atoms with Gasteiger partial charge < -0.3 is 14.9 Å². The number of nitrogens with one attached hydrogen (secondary N) is 1. The summed E-state index contributed by atoms with van der Waals surface area (Å²) in [6.45, 7) is 12.2. The maximum Gasteiger partial charge on any atom is 0.243 e. The predicted octanol–water partition coefficient (Wildman–Crippen LogP) is 1.89. The third-order valence-electron chi connectivity index (χ3n) is 0.735. The summed E-state index contributed by atoms with van der Waals surface area (Å²) in [5, 5.41) is 2.62. The molecule has 0 aromatic rings. The van der Waals surface area contributed by atoms with Gasteiger partial charge in [-0.1, -0.05) is 13.5 Å². The van der Waals surface area contributed by atoms with Crippen LogP contribution in [-0.2, 0) is 14.4 Å². The van der Waals surface area contributed by atoms with Gasteiger partial charge in [-0.25, -0.2) is 0 Å². The number of amides is 1. The standard InChI is InChI=1S/C6H11NO.2C3H6O/c1-3-5-7-6(8)4-2;2*1-3(2)4/h4H,2-3,5H2,1H3,(H,7,8);2*1-2H3. The van der Waals surface area contributed by atoms with Crippen LogP contribution in [0.2, 0.25) is 0 Å². The molecular formula is C12H23NO3. The van der Waals surface area contributed by atoms with Crippen molar-refractivity contribution in [2.75, 3.05) is 6.54 Å². The molecule has 4 nitrogen and oxygen atoms in total. The summed E-state index contributed by atoms with van der Waals surface area (Å²) in [5.74, 6) is 0.242. The summed E-state index contributed by atoms with van der Waals surface area (Å²) in [5.41, 5.74) is 0. The van der Waals surface area contributed by atoms with E-state index in [0.29, 0.717) is 0 Å². The molecule has 0 aromatic carbocycles. The van der Waals surface area contributed by atoms with Gasteiger partial charge in [0.1, 0.15) is 11.6 Å². The van der Waals surface area contributed by atoms with E-state index < -0.39 is 0 Å². The minimum atomic E-state index is -0.0909. The average molecular weight is 229 g/mol. The number of carbonyl (C=O) groups is 3. The van der Waals surface area contributed by atoms with Crippen LogP contribution in [0.4, 0.5) is 0 Å². The molecule has 0 saturated carbocycles. The number of hydrogen-bond acceptors (Lipinski definition) is 3. The van der Waals surface area contributed by atoms with E-state index in [1.54, 1.807) is 0 Å². The molecule has 0 rings (SSSR count). The number of carbonyl (C=O) groups excluding carboxylic acids is 3. The molecular weight excluding hydrogens is 206 g/mol. The summed E-state index contributed by atoms with van der Waals surface area (Å²) >= 11 is 0. The third kappa shape index (κ3) is 80.9. The van der Waals surface area contributed by atoms with Crippen molar-refractivity contribution in [1.29, 1.82) is 0 Å². The monoisotopic (exact) mass is 229 g/mol. The number of rotatable bonds is 3. The summed E-state index contributed by atoms with van der Waals surface area (Å²) in [6, 6.07) is 0. The average Bonchev–Trinajstić information content (AvgIpc) is 2.12. The van der Waals surface area contributed by atoms with Crippen molar-refractivity contribution in [1.82, 2.24) is 5.32 Å². The second-order valence-corrected chi connectivity index (χ2v) is 3.31. The van der Waals surface area contributed by atoms with Gasteiger partial charge in [0.15, 0.2) is 0 Å². The van der Waals surface area contributed by atoms with Crippen molar-refractivity contribution < 1.29 is 14.4 Å². The summed E-state index contributed by atoms with van der Waals surface area (Å²) in [4.78, 5) is 29.2. The van der Waals surface area contributed by atoms with Crippen molar-refractivity contribution in [3.8, 4) is 0 Å². The lowest BCUT2D eigenvalue weighted by Gasteiger charge is -1.94. The van der Waals surface area contributed by atoms with Gasteiger partial charge in [0.05, 0.1) is 0 Å². The molecule has 1 amide bonds. The van der Waals surface area contributed by atoms with E-state index >= 15 is 0 Å². The molecule has 0 unspecified atom stereocenters. The van der Waals surface area contributed by atoms with Gasteiger partial charge in [-0.05, 0) is 40.2 Å². The number of ketones is 2. The van der Waals surface area contributed by atoms with Gasteiger partial charge >= 0.3 is 0 Å². The van der Waals surface area contributed by atoms with Crippen LogP contribution in [0.25, 0.3) is 0 Å². The van der Waals surface area contributed by atoms with Gasteiger partial charge in [0, 0.05) is 6.54 Å². The molecule has 0 aliphatic carbocycles. The van der Waals surface area contributed by atoms with E-state index in [2.05, 4.69) is 11.9 Å². The number of hydrogen-bond donors (Lipinski definition) is 1. The highest BCUT2D eigenvalue weighted by molar-refractivity contribution is 5.86. The Morgan fingerprint density at radius 1 is 1.06 bits per heavy atom.